The number of halogens is 3. The lowest BCUT2D eigenvalue weighted by molar-refractivity contribution is -0.141. The van der Waals surface area contributed by atoms with Gasteiger partial charge in [0.05, 0.1) is 23.9 Å². The molecular weight excluding hydrogens is 455 g/mol. The van der Waals surface area contributed by atoms with Crippen molar-refractivity contribution in [3.8, 4) is 11.3 Å². The molecule has 0 saturated carbocycles. The van der Waals surface area contributed by atoms with Crippen molar-refractivity contribution in [1.82, 2.24) is 24.4 Å². The van der Waals surface area contributed by atoms with Crippen molar-refractivity contribution < 1.29 is 27.9 Å². The number of hydrogen-bond acceptors (Lipinski definition) is 6. The maximum absolute atomic E-state index is 12.9. The van der Waals surface area contributed by atoms with Crippen LogP contribution in [0.5, 0.6) is 0 Å². The van der Waals surface area contributed by atoms with Gasteiger partial charge in [0.15, 0.2) is 0 Å². The molecule has 178 valence electrons. The number of anilines is 2. The van der Waals surface area contributed by atoms with E-state index >= 15 is 0 Å². The lowest BCUT2D eigenvalue weighted by atomic mass is 10.2. The standard InChI is InChI=1S/C21H20F3N7O3/c22-21(23,24)17-9-14(3-4-25-17)16-11-29(13-27-16)12-19(32)28-18-2-1-15(10-26-18)30-5-7-31(8-6-30)20(33)34/h1-4,9-11,13H,5-8,12H2,(H,33,34)(H,26,28,32). The molecular formula is C21H20F3N7O3. The summed E-state index contributed by atoms with van der Waals surface area (Å²) in [5.74, 6) is -0.0489. The zero-order valence-electron chi connectivity index (χ0n) is 17.7. The Morgan fingerprint density at radius 3 is 2.47 bits per heavy atom. The van der Waals surface area contributed by atoms with Gasteiger partial charge in [-0.15, -0.1) is 0 Å². The van der Waals surface area contributed by atoms with E-state index in [0.717, 1.165) is 18.0 Å². The predicted octanol–water partition coefficient (Wildman–Crippen LogP) is 2.80. The Morgan fingerprint density at radius 1 is 1.06 bits per heavy atom. The number of pyridine rings is 2. The summed E-state index contributed by atoms with van der Waals surface area (Å²) >= 11 is 0. The Kier molecular flexibility index (Phi) is 6.34. The SMILES string of the molecule is O=C(Cn1cnc(-c2ccnc(C(F)(F)F)c2)c1)Nc1ccc(N2CCN(C(=O)O)CC2)cn1. The zero-order valence-corrected chi connectivity index (χ0v) is 17.7. The molecule has 1 saturated heterocycles. The molecule has 0 bridgehead atoms. The molecule has 4 heterocycles. The van der Waals surface area contributed by atoms with Crippen LogP contribution in [0.4, 0.5) is 29.5 Å². The molecule has 1 aliphatic rings. The van der Waals surface area contributed by atoms with Crippen LogP contribution in [0.2, 0.25) is 0 Å². The number of nitrogens with zero attached hydrogens (tertiary/aromatic N) is 6. The maximum Gasteiger partial charge on any atom is 0.433 e. The fraction of sp³-hybridized carbons (Fsp3) is 0.286. The van der Waals surface area contributed by atoms with Crippen LogP contribution in [0.15, 0.2) is 49.2 Å². The van der Waals surface area contributed by atoms with E-state index in [4.69, 9.17) is 5.11 Å². The van der Waals surface area contributed by atoms with E-state index in [9.17, 15) is 22.8 Å². The van der Waals surface area contributed by atoms with E-state index < -0.39 is 18.0 Å². The minimum Gasteiger partial charge on any atom is -0.465 e. The Balaban J connectivity index is 1.33. The van der Waals surface area contributed by atoms with Crippen LogP contribution < -0.4 is 10.2 Å². The molecule has 0 aliphatic carbocycles. The van der Waals surface area contributed by atoms with Gasteiger partial charge in [-0.05, 0) is 24.3 Å². The van der Waals surface area contributed by atoms with Gasteiger partial charge < -0.3 is 24.8 Å². The van der Waals surface area contributed by atoms with Crippen molar-refractivity contribution in [1.29, 1.82) is 0 Å². The quantitative estimate of drug-likeness (QED) is 0.583. The molecule has 2 amide bonds. The van der Waals surface area contributed by atoms with Crippen LogP contribution >= 0.6 is 0 Å². The van der Waals surface area contributed by atoms with Crippen LogP contribution in [0.3, 0.4) is 0 Å². The minimum absolute atomic E-state index is 0.106. The highest BCUT2D eigenvalue weighted by molar-refractivity contribution is 5.89. The van der Waals surface area contributed by atoms with Crippen LogP contribution in [-0.2, 0) is 17.5 Å². The van der Waals surface area contributed by atoms with Gasteiger partial charge in [-0.3, -0.25) is 9.78 Å². The number of amides is 2. The summed E-state index contributed by atoms with van der Waals surface area (Å²) in [5.41, 5.74) is 0.322. The molecule has 3 aromatic heterocycles. The molecule has 2 N–H and O–H groups in total. The molecule has 3 aromatic rings. The highest BCUT2D eigenvalue weighted by atomic mass is 19.4. The van der Waals surface area contributed by atoms with Crippen molar-refractivity contribution in [2.75, 3.05) is 36.4 Å². The van der Waals surface area contributed by atoms with Crippen molar-refractivity contribution in [3.05, 3.63) is 54.9 Å². The Labute approximate surface area is 191 Å². The summed E-state index contributed by atoms with van der Waals surface area (Å²) in [5, 5.41) is 11.7. The molecule has 0 aromatic carbocycles. The predicted molar refractivity (Wildman–Crippen MR) is 115 cm³/mol. The lowest BCUT2D eigenvalue weighted by Gasteiger charge is -2.34. The number of aromatic nitrogens is 4. The number of hydrogen-bond donors (Lipinski definition) is 2. The van der Waals surface area contributed by atoms with Gasteiger partial charge in [0.25, 0.3) is 0 Å². The normalized spacial score (nSPS) is 14.2. The largest absolute Gasteiger partial charge is 0.465 e. The average Bonchev–Trinajstić information content (AvgIpc) is 3.27. The van der Waals surface area contributed by atoms with E-state index in [1.165, 1.54) is 28.1 Å². The van der Waals surface area contributed by atoms with Crippen LogP contribution in [0, 0.1) is 0 Å². The number of carbonyl (C=O) groups excluding carboxylic acids is 1. The Morgan fingerprint density at radius 2 is 1.82 bits per heavy atom. The fourth-order valence-corrected chi connectivity index (χ4v) is 3.49. The number of rotatable bonds is 5. The number of piperazine rings is 1. The molecule has 4 rings (SSSR count). The van der Waals surface area contributed by atoms with Gasteiger partial charge in [0, 0.05) is 44.1 Å². The summed E-state index contributed by atoms with van der Waals surface area (Å²) in [6, 6.07) is 5.75. The third-order valence-electron chi connectivity index (χ3n) is 5.24. The smallest absolute Gasteiger partial charge is 0.433 e. The third-order valence-corrected chi connectivity index (χ3v) is 5.24. The molecule has 1 aliphatic heterocycles. The average molecular weight is 475 g/mol. The summed E-state index contributed by atoms with van der Waals surface area (Å²) in [4.78, 5) is 38.4. The molecule has 13 heteroatoms. The summed E-state index contributed by atoms with van der Waals surface area (Å²) in [6.45, 7) is 1.79. The molecule has 0 atom stereocenters. The first-order valence-corrected chi connectivity index (χ1v) is 10.2. The second-order valence-corrected chi connectivity index (χ2v) is 7.57. The molecule has 10 nitrogen and oxygen atoms in total. The maximum atomic E-state index is 12.9. The van der Waals surface area contributed by atoms with E-state index in [1.54, 1.807) is 18.3 Å². The number of nitrogens with one attached hydrogen (secondary N) is 1. The first-order valence-electron chi connectivity index (χ1n) is 10.2. The first kappa shape index (κ1) is 23.0. The Bertz CT molecular complexity index is 1170. The monoisotopic (exact) mass is 475 g/mol. The highest BCUT2D eigenvalue weighted by Crippen LogP contribution is 2.30. The van der Waals surface area contributed by atoms with Crippen LogP contribution in [0.25, 0.3) is 11.3 Å². The summed E-state index contributed by atoms with van der Waals surface area (Å²) in [6.07, 6.45) is -0.00638. The van der Waals surface area contributed by atoms with Gasteiger partial charge in [-0.1, -0.05) is 0 Å². The van der Waals surface area contributed by atoms with Crippen molar-refractivity contribution >= 4 is 23.5 Å². The lowest BCUT2D eigenvalue weighted by Crippen LogP contribution is -2.48. The first-order chi connectivity index (χ1) is 16.2. The van der Waals surface area contributed by atoms with Gasteiger partial charge >= 0.3 is 12.3 Å². The van der Waals surface area contributed by atoms with E-state index in [1.807, 2.05) is 4.90 Å². The number of alkyl halides is 3. The number of carbonyl (C=O) groups is 2. The molecule has 1 fully saturated rings. The van der Waals surface area contributed by atoms with Gasteiger partial charge in [0.2, 0.25) is 5.91 Å². The number of carboxylic acid groups (broad SMARTS) is 1. The second-order valence-electron chi connectivity index (χ2n) is 7.57. The molecule has 0 radical (unpaired) electrons. The van der Waals surface area contributed by atoms with Crippen molar-refractivity contribution in [2.45, 2.75) is 12.7 Å². The van der Waals surface area contributed by atoms with Gasteiger partial charge in [0.1, 0.15) is 18.1 Å². The van der Waals surface area contributed by atoms with Gasteiger partial charge in [-0.25, -0.2) is 14.8 Å². The topological polar surface area (TPSA) is 116 Å². The molecule has 0 unspecified atom stereocenters. The highest BCUT2D eigenvalue weighted by Gasteiger charge is 2.32. The van der Waals surface area contributed by atoms with Crippen molar-refractivity contribution in [3.63, 3.8) is 0 Å². The summed E-state index contributed by atoms with van der Waals surface area (Å²) < 4.78 is 40.1. The Hall–Kier alpha value is -4.16. The third kappa shape index (κ3) is 5.42. The minimum atomic E-state index is -4.56. The van der Waals surface area contributed by atoms with Crippen LogP contribution in [0.1, 0.15) is 5.69 Å². The van der Waals surface area contributed by atoms with Crippen LogP contribution in [-0.4, -0.2) is 67.7 Å². The molecule has 34 heavy (non-hydrogen) atoms. The summed E-state index contributed by atoms with van der Waals surface area (Å²) in [7, 11) is 0. The van der Waals surface area contributed by atoms with E-state index in [0.29, 0.717) is 32.0 Å². The van der Waals surface area contributed by atoms with E-state index in [-0.39, 0.29) is 23.7 Å². The number of imidazole rings is 1. The molecule has 0 spiro atoms. The zero-order chi connectivity index (χ0) is 24.3. The second kappa shape index (κ2) is 9.37. The van der Waals surface area contributed by atoms with Crippen molar-refractivity contribution in [2.24, 2.45) is 0 Å². The van der Waals surface area contributed by atoms with E-state index in [2.05, 4.69) is 20.3 Å². The fourth-order valence-electron chi connectivity index (χ4n) is 3.49. The van der Waals surface area contributed by atoms with Gasteiger partial charge in [-0.2, -0.15) is 13.2 Å².